The lowest BCUT2D eigenvalue weighted by Gasteiger charge is -2.17. The van der Waals surface area contributed by atoms with Crippen LogP contribution in [0.5, 0.6) is 11.5 Å². The number of pyridine rings is 2. The number of hydrogen-bond donors (Lipinski definition) is 5. The van der Waals surface area contributed by atoms with Crippen LogP contribution in [0.4, 0.5) is 17.1 Å². The summed E-state index contributed by atoms with van der Waals surface area (Å²) in [4.78, 5) is 11.9. The van der Waals surface area contributed by atoms with E-state index in [4.69, 9.17) is 21.8 Å². The van der Waals surface area contributed by atoms with Crippen molar-refractivity contribution >= 4 is 17.1 Å². The molecule has 0 saturated heterocycles. The molecular weight excluding hydrogens is 618 g/mol. The molecule has 0 fully saturated rings. The van der Waals surface area contributed by atoms with Crippen molar-refractivity contribution in [2.45, 2.75) is 46.8 Å². The molecule has 5 rings (SSSR count). The van der Waals surface area contributed by atoms with E-state index in [0.717, 1.165) is 28.1 Å². The van der Waals surface area contributed by atoms with Gasteiger partial charge in [0, 0.05) is 48.0 Å². The van der Waals surface area contributed by atoms with Crippen LogP contribution in [0.15, 0.2) is 85.2 Å². The van der Waals surface area contributed by atoms with Crippen molar-refractivity contribution in [2.24, 2.45) is 0 Å². The number of nitrogens with one attached hydrogen (secondary N) is 2. The van der Waals surface area contributed by atoms with Crippen LogP contribution in [0, 0.1) is 43.1 Å². The van der Waals surface area contributed by atoms with E-state index in [9.17, 15) is 15.3 Å². The monoisotopic (exact) mass is 653 g/mol. The van der Waals surface area contributed by atoms with E-state index < -0.39 is 0 Å². The van der Waals surface area contributed by atoms with Crippen LogP contribution in [-0.2, 0) is 32.9 Å². The fraction of sp³-hybridized carbons (Fsp3) is 0.184. The quantitative estimate of drug-likeness (QED) is 0.0982. The summed E-state index contributed by atoms with van der Waals surface area (Å²) < 4.78 is 5.98. The Hall–Kier alpha value is -6.45. The van der Waals surface area contributed by atoms with Gasteiger partial charge in [-0.05, 0) is 79.1 Å². The number of aromatic hydroxyl groups is 1. The van der Waals surface area contributed by atoms with Crippen molar-refractivity contribution in [3.63, 3.8) is 0 Å². The standard InChI is InChI=1S/C23H20N4O2.C15H15N3O2/c1-16-23(29-15-18-5-7-20(25-2)8-6-18)22(14-28)19(12-26-16)13-27-21-9-3-17(11-24)4-10-21;1-10-15(20)14(9-19)12(7-17-10)8-18-13-4-2-11(6-16)3-5-13/h3-10,12,27-28H,13-15H2,1H3;2-5,7,18-20H,8-9H2,1H3. The molecule has 0 atom stereocenters. The minimum absolute atomic E-state index is 0.0339. The molecule has 0 amide bonds. The summed E-state index contributed by atoms with van der Waals surface area (Å²) in [5.74, 6) is 0.604. The second kappa shape index (κ2) is 17.5. The maximum Gasteiger partial charge on any atom is 0.187 e. The normalized spacial score (nSPS) is 10.1. The molecule has 0 saturated carbocycles. The number of aromatic nitrogens is 2. The smallest absolute Gasteiger partial charge is 0.187 e. The number of aliphatic hydroxyl groups is 2. The number of nitriles is 2. The number of hydrogen-bond acceptors (Lipinski definition) is 10. The van der Waals surface area contributed by atoms with Crippen LogP contribution in [-0.4, -0.2) is 25.3 Å². The highest BCUT2D eigenvalue weighted by molar-refractivity contribution is 5.51. The third-order valence-electron chi connectivity index (χ3n) is 7.59. The van der Waals surface area contributed by atoms with Gasteiger partial charge in [-0.1, -0.05) is 24.3 Å². The van der Waals surface area contributed by atoms with Crippen LogP contribution < -0.4 is 15.4 Å². The van der Waals surface area contributed by atoms with Gasteiger partial charge in [0.2, 0.25) is 0 Å². The predicted molar refractivity (Wildman–Crippen MR) is 185 cm³/mol. The fourth-order valence-electron chi connectivity index (χ4n) is 4.75. The molecular formula is C38H35N7O4. The van der Waals surface area contributed by atoms with E-state index in [1.54, 1.807) is 67.8 Å². The zero-order valence-corrected chi connectivity index (χ0v) is 27.1. The zero-order valence-electron chi connectivity index (χ0n) is 27.1. The number of ether oxygens (including phenoxy) is 1. The molecule has 0 aliphatic rings. The number of aryl methyl sites for hydroxylation is 2. The Morgan fingerprint density at radius 2 is 1.22 bits per heavy atom. The summed E-state index contributed by atoms with van der Waals surface area (Å²) in [6, 6.07) is 25.6. The first-order chi connectivity index (χ1) is 23.8. The number of nitrogens with zero attached hydrogens (tertiary/aromatic N) is 5. The van der Waals surface area contributed by atoms with E-state index in [1.807, 2.05) is 31.2 Å². The van der Waals surface area contributed by atoms with Crippen LogP contribution in [0.2, 0.25) is 0 Å². The Labute approximate surface area is 285 Å². The largest absolute Gasteiger partial charge is 0.506 e. The molecule has 5 aromatic rings. The van der Waals surface area contributed by atoms with E-state index in [1.165, 1.54) is 0 Å². The summed E-state index contributed by atoms with van der Waals surface area (Å²) in [7, 11) is 0. The summed E-state index contributed by atoms with van der Waals surface area (Å²) in [5, 5.41) is 53.2. The van der Waals surface area contributed by atoms with Gasteiger partial charge in [0.1, 0.15) is 18.1 Å². The van der Waals surface area contributed by atoms with Crippen LogP contribution in [0.3, 0.4) is 0 Å². The highest BCUT2D eigenvalue weighted by Crippen LogP contribution is 2.28. The average molecular weight is 654 g/mol. The lowest BCUT2D eigenvalue weighted by molar-refractivity contribution is 0.256. The Bertz CT molecular complexity index is 1990. The van der Waals surface area contributed by atoms with E-state index in [2.05, 4.69) is 37.6 Å². The number of benzene rings is 3. The lowest BCUT2D eigenvalue weighted by atomic mass is 10.1. The van der Waals surface area contributed by atoms with Gasteiger partial charge in [-0.3, -0.25) is 9.97 Å². The zero-order chi connectivity index (χ0) is 35.2. The van der Waals surface area contributed by atoms with Gasteiger partial charge in [-0.15, -0.1) is 0 Å². The minimum atomic E-state index is -0.237. The molecule has 246 valence electrons. The van der Waals surface area contributed by atoms with Crippen molar-refractivity contribution in [1.82, 2.24) is 9.97 Å². The van der Waals surface area contributed by atoms with Crippen molar-refractivity contribution < 1.29 is 20.1 Å². The molecule has 11 nitrogen and oxygen atoms in total. The van der Waals surface area contributed by atoms with Crippen molar-refractivity contribution in [1.29, 1.82) is 10.5 Å². The van der Waals surface area contributed by atoms with Crippen molar-refractivity contribution in [2.75, 3.05) is 10.6 Å². The van der Waals surface area contributed by atoms with Crippen molar-refractivity contribution in [3.05, 3.63) is 147 Å². The summed E-state index contributed by atoms with van der Waals surface area (Å²) >= 11 is 0. The lowest BCUT2D eigenvalue weighted by Crippen LogP contribution is -2.09. The molecule has 49 heavy (non-hydrogen) atoms. The summed E-state index contributed by atoms with van der Waals surface area (Å²) in [6.45, 7) is 11.4. The van der Waals surface area contributed by atoms with Crippen LogP contribution in [0.25, 0.3) is 4.85 Å². The minimum Gasteiger partial charge on any atom is -0.506 e. The molecule has 2 aromatic heterocycles. The average Bonchev–Trinajstić information content (AvgIpc) is 3.15. The van der Waals surface area contributed by atoms with Gasteiger partial charge in [-0.2, -0.15) is 10.5 Å². The van der Waals surface area contributed by atoms with E-state index in [-0.39, 0.29) is 19.0 Å². The SMILES string of the molecule is Cc1ncc(CNc2ccc(C#N)cc2)c(CO)c1O.[C-]#[N+]c1ccc(COc2c(C)ncc(CNc3ccc(C#N)cc3)c2CO)cc1. The highest BCUT2D eigenvalue weighted by Gasteiger charge is 2.14. The molecule has 2 heterocycles. The predicted octanol–water partition coefficient (Wildman–Crippen LogP) is 6.57. The number of anilines is 2. The second-order valence-electron chi connectivity index (χ2n) is 10.8. The van der Waals surface area contributed by atoms with Gasteiger partial charge in [0.05, 0.1) is 54.4 Å². The first-order valence-corrected chi connectivity index (χ1v) is 15.2. The molecule has 0 spiro atoms. The van der Waals surface area contributed by atoms with Gasteiger partial charge < -0.3 is 30.7 Å². The molecule has 0 bridgehead atoms. The molecule has 3 aromatic carbocycles. The van der Waals surface area contributed by atoms with E-state index in [0.29, 0.717) is 64.8 Å². The first kappa shape index (κ1) is 35.4. The number of aliphatic hydroxyl groups excluding tert-OH is 2. The maximum atomic E-state index is 9.95. The Morgan fingerprint density at radius 1 is 0.735 bits per heavy atom. The molecule has 0 unspecified atom stereocenters. The summed E-state index contributed by atoms with van der Waals surface area (Å²) in [6.07, 6.45) is 3.37. The fourth-order valence-corrected chi connectivity index (χ4v) is 4.75. The number of rotatable bonds is 11. The Morgan fingerprint density at radius 3 is 1.69 bits per heavy atom. The van der Waals surface area contributed by atoms with Gasteiger partial charge >= 0.3 is 0 Å². The summed E-state index contributed by atoms with van der Waals surface area (Å²) in [5.41, 5.74) is 8.38. The van der Waals surface area contributed by atoms with Gasteiger partial charge in [-0.25, -0.2) is 4.85 Å². The van der Waals surface area contributed by atoms with Gasteiger partial charge in [0.25, 0.3) is 0 Å². The van der Waals surface area contributed by atoms with E-state index >= 15 is 0 Å². The first-order valence-electron chi connectivity index (χ1n) is 15.2. The third kappa shape index (κ3) is 9.54. The highest BCUT2D eigenvalue weighted by atomic mass is 16.5. The molecule has 0 aliphatic carbocycles. The molecule has 11 heteroatoms. The van der Waals surface area contributed by atoms with Crippen LogP contribution in [0.1, 0.15) is 50.3 Å². The van der Waals surface area contributed by atoms with Gasteiger partial charge in [0.15, 0.2) is 5.69 Å². The topological polar surface area (TPSA) is 172 Å². The Balaban J connectivity index is 0.000000237. The van der Waals surface area contributed by atoms with Crippen LogP contribution >= 0.6 is 0 Å². The Kier molecular flexibility index (Phi) is 12.6. The molecule has 5 N–H and O–H groups in total. The molecule has 0 aliphatic heterocycles. The van der Waals surface area contributed by atoms with Crippen molar-refractivity contribution in [3.8, 4) is 23.6 Å². The maximum absolute atomic E-state index is 9.95. The second-order valence-corrected chi connectivity index (χ2v) is 10.8. The molecule has 0 radical (unpaired) electrons. The third-order valence-corrected chi connectivity index (χ3v) is 7.59.